The lowest BCUT2D eigenvalue weighted by molar-refractivity contribution is 0.164. The standard InChI is InChI=1S/C9H14N4OS/c1-2-6(14)3-4-12-9-7(5-10)8(11)13-15-9/h6,12,14H,2-4H2,1H3,(H2,11,13). The molecule has 1 aromatic heterocycles. The molecule has 4 N–H and O–H groups in total. The van der Waals surface area contributed by atoms with Gasteiger partial charge in [0.25, 0.3) is 0 Å². The number of nitrogens with one attached hydrogen (secondary N) is 1. The summed E-state index contributed by atoms with van der Waals surface area (Å²) in [6.45, 7) is 2.54. The van der Waals surface area contributed by atoms with Crippen molar-refractivity contribution in [1.29, 1.82) is 5.26 Å². The topological polar surface area (TPSA) is 95.0 Å². The van der Waals surface area contributed by atoms with Crippen LogP contribution < -0.4 is 11.1 Å². The quantitative estimate of drug-likeness (QED) is 0.700. The van der Waals surface area contributed by atoms with Gasteiger partial charge in [-0.05, 0) is 24.4 Å². The first-order valence-electron chi connectivity index (χ1n) is 4.76. The maximum Gasteiger partial charge on any atom is 0.157 e. The second-order valence-corrected chi connectivity index (χ2v) is 3.93. The summed E-state index contributed by atoms with van der Waals surface area (Å²) in [5.41, 5.74) is 5.89. The molecule has 0 bridgehead atoms. The Balaban J connectivity index is 2.48. The zero-order chi connectivity index (χ0) is 11.3. The van der Waals surface area contributed by atoms with E-state index >= 15 is 0 Å². The van der Waals surface area contributed by atoms with Crippen molar-refractivity contribution in [2.45, 2.75) is 25.9 Å². The van der Waals surface area contributed by atoms with Crippen molar-refractivity contribution in [2.24, 2.45) is 0 Å². The van der Waals surface area contributed by atoms with Crippen LogP contribution in [0.1, 0.15) is 25.3 Å². The third-order valence-corrected chi connectivity index (χ3v) is 2.88. The van der Waals surface area contributed by atoms with Gasteiger partial charge in [-0.3, -0.25) is 0 Å². The Morgan fingerprint density at radius 1 is 1.73 bits per heavy atom. The minimum atomic E-state index is -0.298. The minimum absolute atomic E-state index is 0.265. The van der Waals surface area contributed by atoms with Gasteiger partial charge in [-0.2, -0.15) is 9.64 Å². The molecule has 0 aliphatic carbocycles. The maximum atomic E-state index is 9.33. The fourth-order valence-corrected chi connectivity index (χ4v) is 1.78. The Morgan fingerprint density at radius 3 is 3.07 bits per heavy atom. The van der Waals surface area contributed by atoms with Gasteiger partial charge in [0.1, 0.15) is 16.6 Å². The largest absolute Gasteiger partial charge is 0.393 e. The summed E-state index contributed by atoms with van der Waals surface area (Å²) < 4.78 is 3.88. The summed E-state index contributed by atoms with van der Waals surface area (Å²) in [6.07, 6.45) is 1.09. The molecule has 0 radical (unpaired) electrons. The Hall–Kier alpha value is -1.32. The van der Waals surface area contributed by atoms with Crippen molar-refractivity contribution in [2.75, 3.05) is 17.6 Å². The van der Waals surface area contributed by atoms with E-state index in [2.05, 4.69) is 9.69 Å². The van der Waals surface area contributed by atoms with E-state index in [4.69, 9.17) is 11.0 Å². The average molecular weight is 226 g/mol. The van der Waals surface area contributed by atoms with E-state index in [0.29, 0.717) is 23.5 Å². The number of nitrogens with two attached hydrogens (primary N) is 1. The Morgan fingerprint density at radius 2 is 2.47 bits per heavy atom. The molecule has 0 fully saturated rings. The molecule has 0 aliphatic rings. The van der Waals surface area contributed by atoms with Crippen LogP contribution in [0.4, 0.5) is 10.8 Å². The lowest BCUT2D eigenvalue weighted by Gasteiger charge is -2.07. The number of nitrogens with zero attached hydrogens (tertiary/aromatic N) is 2. The van der Waals surface area contributed by atoms with Crippen LogP contribution in [0.25, 0.3) is 0 Å². The van der Waals surface area contributed by atoms with Crippen LogP contribution in [0, 0.1) is 11.3 Å². The second kappa shape index (κ2) is 5.53. The molecule has 1 rings (SSSR count). The number of aliphatic hydroxyl groups is 1. The molecule has 0 aliphatic heterocycles. The summed E-state index contributed by atoms with van der Waals surface area (Å²) in [7, 11) is 0. The van der Waals surface area contributed by atoms with Crippen LogP contribution in [0.5, 0.6) is 0 Å². The number of hydrogen-bond acceptors (Lipinski definition) is 6. The van der Waals surface area contributed by atoms with Crippen molar-refractivity contribution in [3.63, 3.8) is 0 Å². The zero-order valence-corrected chi connectivity index (χ0v) is 9.34. The maximum absolute atomic E-state index is 9.33. The SMILES string of the molecule is CCC(O)CCNc1snc(N)c1C#N. The van der Waals surface area contributed by atoms with E-state index in [0.717, 1.165) is 6.42 Å². The lowest BCUT2D eigenvalue weighted by atomic mass is 10.2. The van der Waals surface area contributed by atoms with E-state index in [1.54, 1.807) is 0 Å². The van der Waals surface area contributed by atoms with E-state index in [-0.39, 0.29) is 11.9 Å². The third kappa shape index (κ3) is 3.08. The Labute approximate surface area is 92.7 Å². The van der Waals surface area contributed by atoms with Crippen molar-refractivity contribution in [3.05, 3.63) is 5.56 Å². The normalized spacial score (nSPS) is 12.1. The summed E-state index contributed by atoms with van der Waals surface area (Å²) in [4.78, 5) is 0. The van der Waals surface area contributed by atoms with Crippen LogP contribution in [-0.2, 0) is 0 Å². The number of nitriles is 1. The molecule has 15 heavy (non-hydrogen) atoms. The van der Waals surface area contributed by atoms with Crippen LogP contribution in [0.15, 0.2) is 0 Å². The highest BCUT2D eigenvalue weighted by atomic mass is 32.1. The van der Waals surface area contributed by atoms with Gasteiger partial charge in [0.2, 0.25) is 0 Å². The predicted octanol–water partition coefficient (Wildman–Crippen LogP) is 1.17. The molecule has 0 spiro atoms. The first-order valence-corrected chi connectivity index (χ1v) is 5.53. The van der Waals surface area contributed by atoms with Gasteiger partial charge in [-0.15, -0.1) is 0 Å². The molecule has 0 aromatic carbocycles. The highest BCUT2D eigenvalue weighted by Crippen LogP contribution is 2.25. The van der Waals surface area contributed by atoms with E-state index in [1.165, 1.54) is 11.5 Å². The lowest BCUT2D eigenvalue weighted by Crippen LogP contribution is -2.12. The predicted molar refractivity (Wildman–Crippen MR) is 60.6 cm³/mol. The number of nitrogen functional groups attached to an aromatic ring is 1. The van der Waals surface area contributed by atoms with Gasteiger partial charge >= 0.3 is 0 Å². The molecule has 0 amide bonds. The van der Waals surface area contributed by atoms with Crippen molar-refractivity contribution < 1.29 is 5.11 Å². The van der Waals surface area contributed by atoms with Crippen molar-refractivity contribution in [3.8, 4) is 6.07 Å². The average Bonchev–Trinajstić information content (AvgIpc) is 2.59. The van der Waals surface area contributed by atoms with E-state index in [9.17, 15) is 5.11 Å². The van der Waals surface area contributed by atoms with Crippen LogP contribution >= 0.6 is 11.5 Å². The van der Waals surface area contributed by atoms with Crippen molar-refractivity contribution >= 4 is 22.4 Å². The highest BCUT2D eigenvalue weighted by Gasteiger charge is 2.10. The molecule has 0 saturated heterocycles. The first kappa shape index (κ1) is 11.8. The van der Waals surface area contributed by atoms with Gasteiger partial charge in [-0.1, -0.05) is 6.92 Å². The fourth-order valence-electron chi connectivity index (χ4n) is 1.09. The number of hydrogen-bond donors (Lipinski definition) is 3. The summed E-state index contributed by atoms with van der Waals surface area (Å²) >= 11 is 1.17. The molecule has 5 nitrogen and oxygen atoms in total. The number of aliphatic hydroxyl groups excluding tert-OH is 1. The number of rotatable bonds is 5. The molecular weight excluding hydrogens is 212 g/mol. The van der Waals surface area contributed by atoms with E-state index in [1.807, 2.05) is 13.0 Å². The molecule has 1 atom stereocenters. The first-order chi connectivity index (χ1) is 7.19. The summed E-state index contributed by atoms with van der Waals surface area (Å²) in [5, 5.41) is 21.8. The highest BCUT2D eigenvalue weighted by molar-refractivity contribution is 7.10. The van der Waals surface area contributed by atoms with Gasteiger partial charge in [-0.25, -0.2) is 0 Å². The third-order valence-electron chi connectivity index (χ3n) is 2.06. The van der Waals surface area contributed by atoms with Gasteiger partial charge in [0.15, 0.2) is 5.82 Å². The number of anilines is 2. The van der Waals surface area contributed by atoms with Gasteiger partial charge in [0, 0.05) is 6.54 Å². The monoisotopic (exact) mass is 226 g/mol. The van der Waals surface area contributed by atoms with Gasteiger partial charge in [0.05, 0.1) is 6.10 Å². The summed E-state index contributed by atoms with van der Waals surface area (Å²) in [6, 6.07) is 1.99. The molecule has 82 valence electrons. The zero-order valence-electron chi connectivity index (χ0n) is 8.53. The van der Waals surface area contributed by atoms with Gasteiger partial charge < -0.3 is 16.2 Å². The molecule has 1 aromatic rings. The number of aromatic nitrogens is 1. The Kier molecular flexibility index (Phi) is 4.34. The molecule has 6 heteroatoms. The minimum Gasteiger partial charge on any atom is -0.393 e. The fraction of sp³-hybridized carbons (Fsp3) is 0.556. The molecular formula is C9H14N4OS. The second-order valence-electron chi connectivity index (χ2n) is 3.16. The molecule has 0 saturated carbocycles. The Bertz CT molecular complexity index is 357. The smallest absolute Gasteiger partial charge is 0.157 e. The summed E-state index contributed by atoms with van der Waals surface area (Å²) in [5.74, 6) is 0.265. The van der Waals surface area contributed by atoms with E-state index < -0.39 is 0 Å². The van der Waals surface area contributed by atoms with Crippen LogP contribution in [0.3, 0.4) is 0 Å². The van der Waals surface area contributed by atoms with Crippen LogP contribution in [0.2, 0.25) is 0 Å². The molecule has 1 heterocycles. The molecule has 1 unspecified atom stereocenters. The van der Waals surface area contributed by atoms with Crippen LogP contribution in [-0.4, -0.2) is 22.1 Å². The van der Waals surface area contributed by atoms with Crippen molar-refractivity contribution in [1.82, 2.24) is 4.37 Å².